The largest absolute Gasteiger partial charge is 0.455 e. The lowest BCUT2D eigenvalue weighted by Gasteiger charge is -2.19. The van der Waals surface area contributed by atoms with Gasteiger partial charge in [0.2, 0.25) is 0 Å². The Labute approximate surface area is 179 Å². The number of aromatic nitrogens is 1. The van der Waals surface area contributed by atoms with E-state index < -0.39 is 0 Å². The van der Waals surface area contributed by atoms with E-state index in [9.17, 15) is 4.79 Å². The molecule has 3 aromatic rings. The van der Waals surface area contributed by atoms with Crippen LogP contribution >= 0.6 is 23.8 Å². The lowest BCUT2D eigenvalue weighted by Crippen LogP contribution is -2.14. The SMILES string of the molecule is Cc1cc(C(C)Nc2ccc(Cl)nc2C)c2oc(/C(C=S)=C/N)c(C)c(=O)c2c1. The van der Waals surface area contributed by atoms with Crippen LogP contribution in [0.2, 0.25) is 5.15 Å². The van der Waals surface area contributed by atoms with Gasteiger partial charge in [0, 0.05) is 28.3 Å². The van der Waals surface area contributed by atoms with Crippen LogP contribution in [0.1, 0.15) is 41.1 Å². The number of nitrogens with two attached hydrogens (primary N) is 1. The number of hydrogen-bond donors (Lipinski definition) is 2. The average molecular weight is 428 g/mol. The van der Waals surface area contributed by atoms with Crippen molar-refractivity contribution in [2.45, 2.75) is 33.7 Å². The summed E-state index contributed by atoms with van der Waals surface area (Å²) in [6.07, 6.45) is 1.35. The lowest BCUT2D eigenvalue weighted by molar-refractivity contribution is 0.576. The molecule has 0 aliphatic carbocycles. The highest BCUT2D eigenvalue weighted by Crippen LogP contribution is 2.31. The van der Waals surface area contributed by atoms with E-state index in [0.717, 1.165) is 22.5 Å². The van der Waals surface area contributed by atoms with Gasteiger partial charge in [-0.25, -0.2) is 4.98 Å². The van der Waals surface area contributed by atoms with Gasteiger partial charge in [-0.3, -0.25) is 4.79 Å². The van der Waals surface area contributed by atoms with Crippen LogP contribution in [-0.4, -0.2) is 10.4 Å². The molecule has 0 spiro atoms. The highest BCUT2D eigenvalue weighted by molar-refractivity contribution is 7.79. The Bertz CT molecular complexity index is 1200. The summed E-state index contributed by atoms with van der Waals surface area (Å²) in [5.74, 6) is 0.390. The Hall–Kier alpha value is -2.70. The number of thiocarbonyl (C=S) groups is 1. The van der Waals surface area contributed by atoms with Crippen molar-refractivity contribution >= 4 is 51.4 Å². The predicted octanol–water partition coefficient (Wildman–Crippen LogP) is 5.24. The van der Waals surface area contributed by atoms with Crippen molar-refractivity contribution in [2.24, 2.45) is 5.73 Å². The third-order valence-electron chi connectivity index (χ3n) is 4.85. The maximum Gasteiger partial charge on any atom is 0.196 e. The first-order valence-electron chi connectivity index (χ1n) is 9.12. The summed E-state index contributed by atoms with van der Waals surface area (Å²) in [4.78, 5) is 17.3. The van der Waals surface area contributed by atoms with Crippen molar-refractivity contribution in [2.75, 3.05) is 5.32 Å². The second-order valence-corrected chi connectivity index (χ2v) is 7.61. The lowest BCUT2D eigenvalue weighted by atomic mass is 9.99. The summed E-state index contributed by atoms with van der Waals surface area (Å²) < 4.78 is 6.19. The zero-order valence-electron chi connectivity index (χ0n) is 16.7. The van der Waals surface area contributed by atoms with Gasteiger partial charge in [0.15, 0.2) is 5.43 Å². The van der Waals surface area contributed by atoms with Gasteiger partial charge < -0.3 is 15.5 Å². The number of anilines is 1. The third kappa shape index (κ3) is 4.04. The second kappa shape index (κ2) is 8.35. The number of allylic oxidation sites excluding steroid dienone is 1. The van der Waals surface area contributed by atoms with E-state index in [1.807, 2.05) is 39.0 Å². The molecule has 0 aliphatic rings. The number of nitrogens with zero attached hydrogens (tertiary/aromatic N) is 1. The number of rotatable bonds is 5. The molecule has 2 heterocycles. The fraction of sp³-hybridized carbons (Fsp3) is 0.227. The van der Waals surface area contributed by atoms with Gasteiger partial charge in [-0.2, -0.15) is 0 Å². The molecule has 0 bridgehead atoms. The van der Waals surface area contributed by atoms with Crippen LogP contribution in [-0.2, 0) is 0 Å². The number of aryl methyl sites for hydroxylation is 2. The van der Waals surface area contributed by atoms with Crippen LogP contribution in [0.4, 0.5) is 5.69 Å². The summed E-state index contributed by atoms with van der Waals surface area (Å²) in [5, 5.41) is 5.81. The van der Waals surface area contributed by atoms with E-state index in [4.69, 9.17) is 34.0 Å². The van der Waals surface area contributed by atoms with Crippen molar-refractivity contribution in [1.82, 2.24) is 4.98 Å². The van der Waals surface area contributed by atoms with Gasteiger partial charge in [0.1, 0.15) is 16.5 Å². The summed E-state index contributed by atoms with van der Waals surface area (Å²) >= 11 is 11.0. The molecular formula is C22H22ClN3O2S. The number of nitrogens with one attached hydrogen (secondary N) is 1. The van der Waals surface area contributed by atoms with Crippen LogP contribution < -0.4 is 16.5 Å². The molecule has 7 heteroatoms. The molecule has 150 valence electrons. The zero-order chi connectivity index (χ0) is 21.3. The molecule has 1 unspecified atom stereocenters. The van der Waals surface area contributed by atoms with Crippen molar-refractivity contribution in [3.05, 3.63) is 74.0 Å². The molecule has 0 saturated carbocycles. The maximum atomic E-state index is 13.0. The van der Waals surface area contributed by atoms with Crippen molar-refractivity contribution in [3.8, 4) is 0 Å². The smallest absolute Gasteiger partial charge is 0.196 e. The van der Waals surface area contributed by atoms with Crippen molar-refractivity contribution in [1.29, 1.82) is 0 Å². The van der Waals surface area contributed by atoms with Gasteiger partial charge in [0.25, 0.3) is 0 Å². The highest BCUT2D eigenvalue weighted by Gasteiger charge is 2.19. The molecule has 29 heavy (non-hydrogen) atoms. The molecule has 0 saturated heterocycles. The molecule has 0 aliphatic heterocycles. The fourth-order valence-corrected chi connectivity index (χ4v) is 3.70. The van der Waals surface area contributed by atoms with Gasteiger partial charge in [-0.15, -0.1) is 0 Å². The van der Waals surface area contributed by atoms with E-state index in [0.29, 0.717) is 33.0 Å². The van der Waals surface area contributed by atoms with Gasteiger partial charge in [-0.1, -0.05) is 29.9 Å². The molecule has 0 radical (unpaired) electrons. The Kier molecular flexibility index (Phi) is 6.05. The zero-order valence-corrected chi connectivity index (χ0v) is 18.2. The van der Waals surface area contributed by atoms with Crippen LogP contribution in [0.3, 0.4) is 0 Å². The van der Waals surface area contributed by atoms with E-state index >= 15 is 0 Å². The molecular weight excluding hydrogens is 406 g/mol. The first-order valence-corrected chi connectivity index (χ1v) is 9.96. The molecule has 0 amide bonds. The van der Waals surface area contributed by atoms with Gasteiger partial charge in [0.05, 0.1) is 22.8 Å². The first kappa shape index (κ1) is 21.0. The summed E-state index contributed by atoms with van der Waals surface area (Å²) in [6.45, 7) is 7.56. The number of halogens is 1. The second-order valence-electron chi connectivity index (χ2n) is 6.99. The van der Waals surface area contributed by atoms with Gasteiger partial charge >= 0.3 is 0 Å². The minimum Gasteiger partial charge on any atom is -0.455 e. The van der Waals surface area contributed by atoms with Crippen LogP contribution in [0, 0.1) is 20.8 Å². The number of pyridine rings is 1. The van der Waals surface area contributed by atoms with Crippen LogP contribution in [0.15, 0.2) is 39.7 Å². The number of benzene rings is 1. The molecule has 1 aromatic carbocycles. The molecule has 2 aromatic heterocycles. The summed E-state index contributed by atoms with van der Waals surface area (Å²) in [7, 11) is 0. The minimum atomic E-state index is -0.157. The average Bonchev–Trinajstić information content (AvgIpc) is 2.68. The van der Waals surface area contributed by atoms with Crippen molar-refractivity contribution in [3.63, 3.8) is 0 Å². The quantitative estimate of drug-likeness (QED) is 0.329. The topological polar surface area (TPSA) is 81.2 Å². The van der Waals surface area contributed by atoms with E-state index in [-0.39, 0.29) is 11.5 Å². The standard InChI is InChI=1S/C22H22ClN3O2S/c1-11-7-16(13(3)25-18-5-6-19(23)26-14(18)4)22-17(8-11)20(27)12(2)21(28-22)15(9-24)10-29/h5-10,13,25H,24H2,1-4H3/b15-9+. The first-order chi connectivity index (χ1) is 13.8. The van der Waals surface area contributed by atoms with Crippen LogP contribution in [0.25, 0.3) is 16.5 Å². The summed E-state index contributed by atoms with van der Waals surface area (Å²) in [6, 6.07) is 7.30. The molecule has 1 atom stereocenters. The third-order valence-corrected chi connectivity index (χ3v) is 5.32. The van der Waals surface area contributed by atoms with E-state index in [1.54, 1.807) is 13.0 Å². The highest BCUT2D eigenvalue weighted by atomic mass is 35.5. The number of hydrogen-bond acceptors (Lipinski definition) is 6. The molecule has 3 N–H and O–H groups in total. The van der Waals surface area contributed by atoms with Crippen LogP contribution in [0.5, 0.6) is 0 Å². The summed E-state index contributed by atoms with van der Waals surface area (Å²) in [5.41, 5.74) is 10.5. The molecule has 5 nitrogen and oxygen atoms in total. The fourth-order valence-electron chi connectivity index (χ4n) is 3.33. The van der Waals surface area contributed by atoms with E-state index in [2.05, 4.69) is 10.3 Å². The predicted molar refractivity (Wildman–Crippen MR) is 124 cm³/mol. The molecule has 0 fully saturated rings. The molecule has 3 rings (SSSR count). The van der Waals surface area contributed by atoms with E-state index in [1.165, 1.54) is 11.6 Å². The maximum absolute atomic E-state index is 13.0. The minimum absolute atomic E-state index is 0.0982. The Morgan fingerprint density at radius 3 is 2.66 bits per heavy atom. The number of fused-ring (bicyclic) bond motifs is 1. The normalized spacial score (nSPS) is 12.8. The monoisotopic (exact) mass is 427 g/mol. The van der Waals surface area contributed by atoms with Gasteiger partial charge in [-0.05, 0) is 51.5 Å². The Morgan fingerprint density at radius 1 is 1.31 bits per heavy atom. The Balaban J connectivity index is 2.21. The Morgan fingerprint density at radius 2 is 2.03 bits per heavy atom. The van der Waals surface area contributed by atoms with Crippen molar-refractivity contribution < 1.29 is 4.42 Å².